The Kier molecular flexibility index (Phi) is 16.0. The molecule has 0 aliphatic heterocycles. The third kappa shape index (κ3) is 11.5. The quantitative estimate of drug-likeness (QED) is 0.538. The van der Waals surface area contributed by atoms with Gasteiger partial charge in [0.25, 0.3) is 0 Å². The molecule has 0 heterocycles. The van der Waals surface area contributed by atoms with Gasteiger partial charge in [0.15, 0.2) is 0 Å². The van der Waals surface area contributed by atoms with Crippen molar-refractivity contribution in [2.45, 2.75) is 98.1 Å². The fraction of sp³-hybridized carbons (Fsp3) is 1.00. The van der Waals surface area contributed by atoms with Crippen LogP contribution in [0.25, 0.3) is 0 Å². The van der Waals surface area contributed by atoms with Gasteiger partial charge in [0.05, 0.1) is 18.6 Å². The maximum atomic E-state index is 2.35. The fourth-order valence-corrected chi connectivity index (χ4v) is 2.71. The van der Waals surface area contributed by atoms with Gasteiger partial charge in [-0.15, -0.1) is 0 Å². The third-order valence-electron chi connectivity index (χ3n) is 3.80. The molecule has 1 N–H and O–H groups in total. The molecule has 0 spiro atoms. The van der Waals surface area contributed by atoms with Crippen LogP contribution in [0, 0.1) is 0 Å². The number of halogens is 1. The number of nitrogens with one attached hydrogen (secondary N) is 1. The van der Waals surface area contributed by atoms with Crippen molar-refractivity contribution >= 4 is 0 Å². The lowest BCUT2D eigenvalue weighted by Crippen LogP contribution is -3.17. The van der Waals surface area contributed by atoms with Gasteiger partial charge >= 0.3 is 0 Å². The molecule has 0 atom stereocenters. The summed E-state index contributed by atoms with van der Waals surface area (Å²) in [6, 6.07) is 1.55. The first-order valence-corrected chi connectivity index (χ1v) is 7.95. The predicted molar refractivity (Wildman–Crippen MR) is 78.7 cm³/mol. The van der Waals surface area contributed by atoms with E-state index in [4.69, 9.17) is 0 Å². The second kappa shape index (κ2) is 13.9. The average Bonchev–Trinajstić information content (AvgIpc) is 2.26. The number of unbranched alkanes of at least 4 members (excludes halogenated alkanes) is 7. The normalized spacial score (nSPS) is 11.3. The van der Waals surface area contributed by atoms with Crippen LogP contribution < -0.4 is 21.9 Å². The van der Waals surface area contributed by atoms with E-state index in [1.807, 2.05) is 0 Å². The molecule has 0 fully saturated rings. The van der Waals surface area contributed by atoms with Gasteiger partial charge in [0.1, 0.15) is 0 Å². The molecular weight excluding hydrogens is 286 g/mol. The van der Waals surface area contributed by atoms with E-state index in [2.05, 4.69) is 34.6 Å². The number of rotatable bonds is 11. The van der Waals surface area contributed by atoms with Crippen LogP contribution in [0.2, 0.25) is 0 Å². The predicted octanol–water partition coefficient (Wildman–Crippen LogP) is 0.833. The summed E-state index contributed by atoms with van der Waals surface area (Å²) >= 11 is 0. The zero-order valence-corrected chi connectivity index (χ0v) is 15.0. The number of hydrogen-bond acceptors (Lipinski definition) is 0. The van der Waals surface area contributed by atoms with Gasteiger partial charge in [0, 0.05) is 0 Å². The molecule has 0 saturated carbocycles. The highest BCUT2D eigenvalue weighted by Gasteiger charge is 2.15. The minimum Gasteiger partial charge on any atom is -1.00 e. The van der Waals surface area contributed by atoms with Gasteiger partial charge in [-0.05, 0) is 40.5 Å². The van der Waals surface area contributed by atoms with Crippen LogP contribution in [0.5, 0.6) is 0 Å². The highest BCUT2D eigenvalue weighted by Crippen LogP contribution is 2.07. The maximum absolute atomic E-state index is 2.35. The highest BCUT2D eigenvalue weighted by molar-refractivity contribution is 4.47. The average molecular weight is 322 g/mol. The van der Waals surface area contributed by atoms with Gasteiger partial charge in [-0.1, -0.05) is 45.4 Å². The second-order valence-electron chi connectivity index (χ2n) is 6.11. The Morgan fingerprint density at radius 2 is 1.06 bits per heavy atom. The minimum atomic E-state index is 0. The van der Waals surface area contributed by atoms with Crippen molar-refractivity contribution in [1.29, 1.82) is 0 Å². The Morgan fingerprint density at radius 1 is 0.667 bits per heavy atom. The van der Waals surface area contributed by atoms with Crippen LogP contribution in [0.4, 0.5) is 0 Å². The first-order valence-electron chi connectivity index (χ1n) is 7.95. The summed E-state index contributed by atoms with van der Waals surface area (Å²) in [5.41, 5.74) is 0. The van der Waals surface area contributed by atoms with Gasteiger partial charge in [0.2, 0.25) is 0 Å². The van der Waals surface area contributed by atoms with Crippen molar-refractivity contribution in [1.82, 2.24) is 0 Å². The molecule has 0 aliphatic rings. The van der Waals surface area contributed by atoms with Gasteiger partial charge in [-0.2, -0.15) is 0 Å². The smallest absolute Gasteiger partial charge is 0.0819 e. The summed E-state index contributed by atoms with van der Waals surface area (Å²) in [6.45, 7) is 13.0. The Morgan fingerprint density at radius 3 is 1.44 bits per heavy atom. The molecule has 2 heteroatoms. The molecule has 1 nitrogen and oxygen atoms in total. The van der Waals surface area contributed by atoms with E-state index in [1.54, 1.807) is 4.90 Å². The minimum absolute atomic E-state index is 0. The lowest BCUT2D eigenvalue weighted by Gasteiger charge is -2.27. The molecule has 0 bridgehead atoms. The lowest BCUT2D eigenvalue weighted by molar-refractivity contribution is -0.942. The zero-order valence-electron chi connectivity index (χ0n) is 13.4. The van der Waals surface area contributed by atoms with Crippen LogP contribution >= 0.6 is 0 Å². The Bertz CT molecular complexity index is 149. The number of quaternary nitrogens is 1. The van der Waals surface area contributed by atoms with E-state index in [-0.39, 0.29) is 17.0 Å². The Labute approximate surface area is 126 Å². The van der Waals surface area contributed by atoms with Crippen LogP contribution in [0.1, 0.15) is 86.0 Å². The summed E-state index contributed by atoms with van der Waals surface area (Å²) < 4.78 is 0. The summed E-state index contributed by atoms with van der Waals surface area (Å²) in [6.07, 6.45) is 11.5. The standard InChI is InChI=1S/C16H35N.BrH/c1-6-7-8-9-10-11-12-13-14-17(15(2)3)16(4)5;/h15-16H,6-14H2,1-5H3;1H. The molecule has 0 aromatic rings. The second-order valence-corrected chi connectivity index (χ2v) is 6.11. The molecule has 0 radical (unpaired) electrons. The molecule has 0 aromatic carbocycles. The zero-order chi connectivity index (χ0) is 13.1. The van der Waals surface area contributed by atoms with Crippen molar-refractivity contribution < 1.29 is 21.9 Å². The van der Waals surface area contributed by atoms with Crippen LogP contribution in [-0.4, -0.2) is 18.6 Å². The molecule has 112 valence electrons. The van der Waals surface area contributed by atoms with Crippen molar-refractivity contribution in [3.05, 3.63) is 0 Å². The van der Waals surface area contributed by atoms with Crippen molar-refractivity contribution in [2.75, 3.05) is 6.54 Å². The maximum Gasteiger partial charge on any atom is 0.0819 e. The number of hydrogen-bond donors (Lipinski definition) is 1. The van der Waals surface area contributed by atoms with E-state index in [0.29, 0.717) is 0 Å². The van der Waals surface area contributed by atoms with Gasteiger partial charge < -0.3 is 21.9 Å². The molecule has 0 amide bonds. The molecule has 0 aromatic heterocycles. The van der Waals surface area contributed by atoms with Crippen molar-refractivity contribution in [3.63, 3.8) is 0 Å². The van der Waals surface area contributed by atoms with Crippen LogP contribution in [0.15, 0.2) is 0 Å². The lowest BCUT2D eigenvalue weighted by atomic mass is 10.1. The summed E-state index contributed by atoms with van der Waals surface area (Å²) in [5, 5.41) is 0. The first-order chi connectivity index (χ1) is 8.09. The Hall–Kier alpha value is 0.440. The van der Waals surface area contributed by atoms with Crippen molar-refractivity contribution in [2.24, 2.45) is 0 Å². The van der Waals surface area contributed by atoms with E-state index < -0.39 is 0 Å². The molecule has 0 unspecified atom stereocenters. The fourth-order valence-electron chi connectivity index (χ4n) is 2.71. The molecule has 0 saturated heterocycles. The molecule has 0 aliphatic carbocycles. The van der Waals surface area contributed by atoms with Gasteiger partial charge in [-0.25, -0.2) is 0 Å². The van der Waals surface area contributed by atoms with Crippen molar-refractivity contribution in [3.8, 4) is 0 Å². The topological polar surface area (TPSA) is 4.44 Å². The summed E-state index contributed by atoms with van der Waals surface area (Å²) in [5.74, 6) is 0. The van der Waals surface area contributed by atoms with Crippen LogP contribution in [-0.2, 0) is 0 Å². The van der Waals surface area contributed by atoms with Crippen LogP contribution in [0.3, 0.4) is 0 Å². The molecular formula is C16H36BrN. The van der Waals surface area contributed by atoms with E-state index in [9.17, 15) is 0 Å². The monoisotopic (exact) mass is 321 g/mol. The first kappa shape index (κ1) is 20.8. The third-order valence-corrected chi connectivity index (χ3v) is 3.80. The van der Waals surface area contributed by atoms with E-state index in [0.717, 1.165) is 12.1 Å². The Balaban J connectivity index is 0. The van der Waals surface area contributed by atoms with E-state index >= 15 is 0 Å². The largest absolute Gasteiger partial charge is 1.00 e. The van der Waals surface area contributed by atoms with Gasteiger partial charge in [-0.3, -0.25) is 0 Å². The highest BCUT2D eigenvalue weighted by atomic mass is 79.9. The summed E-state index contributed by atoms with van der Waals surface area (Å²) in [7, 11) is 0. The molecule has 0 rings (SSSR count). The SMILES string of the molecule is CCCCCCCCCC[NH+](C(C)C)C(C)C.[Br-]. The van der Waals surface area contributed by atoms with E-state index in [1.165, 1.54) is 57.9 Å². The summed E-state index contributed by atoms with van der Waals surface area (Å²) in [4.78, 5) is 1.77. The molecule has 18 heavy (non-hydrogen) atoms.